The number of thiophene rings is 1. The van der Waals surface area contributed by atoms with Gasteiger partial charge < -0.3 is 15.1 Å². The summed E-state index contributed by atoms with van der Waals surface area (Å²) < 4.78 is 32.8. The summed E-state index contributed by atoms with van der Waals surface area (Å²) in [6.45, 7) is 0.449. The van der Waals surface area contributed by atoms with Gasteiger partial charge in [-0.15, -0.1) is 11.3 Å². The molecule has 156 valence electrons. The maximum Gasteiger partial charge on any atom is 0.313 e. The second-order valence-corrected chi connectivity index (χ2v) is 9.71. The number of furan rings is 1. The van der Waals surface area contributed by atoms with Gasteiger partial charge in [-0.25, -0.2) is 8.42 Å². The Bertz CT molecular complexity index is 1160. The summed E-state index contributed by atoms with van der Waals surface area (Å²) in [5.41, 5.74) is 1.74. The first-order valence-corrected chi connectivity index (χ1v) is 11.6. The third-order valence-electron chi connectivity index (χ3n) is 4.67. The first-order chi connectivity index (χ1) is 14.4. The van der Waals surface area contributed by atoms with E-state index in [0.717, 1.165) is 23.3 Å². The van der Waals surface area contributed by atoms with Crippen LogP contribution in [0.1, 0.15) is 17.7 Å². The minimum Gasteiger partial charge on any atom is -0.467 e. The zero-order valence-corrected chi connectivity index (χ0v) is 17.5. The first-order valence-electron chi connectivity index (χ1n) is 9.26. The molecule has 2 aromatic heterocycles. The lowest BCUT2D eigenvalue weighted by molar-refractivity contribution is -0.136. The van der Waals surface area contributed by atoms with Gasteiger partial charge in [0.05, 0.1) is 18.5 Å². The lowest BCUT2D eigenvalue weighted by Gasteiger charge is -2.30. The molecule has 1 aromatic carbocycles. The highest BCUT2D eigenvalue weighted by Gasteiger charge is 2.30. The van der Waals surface area contributed by atoms with E-state index in [0.29, 0.717) is 30.1 Å². The molecule has 0 atom stereocenters. The minimum absolute atomic E-state index is 0.0935. The average Bonchev–Trinajstić information content (AvgIpc) is 3.45. The van der Waals surface area contributed by atoms with Crippen molar-refractivity contribution in [1.29, 1.82) is 0 Å². The van der Waals surface area contributed by atoms with Gasteiger partial charge in [-0.1, -0.05) is 12.1 Å². The van der Waals surface area contributed by atoms with Crippen LogP contribution in [0.15, 0.2) is 62.7 Å². The Morgan fingerprint density at radius 2 is 2.00 bits per heavy atom. The van der Waals surface area contributed by atoms with Gasteiger partial charge in [-0.05, 0) is 54.1 Å². The Hall–Kier alpha value is -3.11. The molecule has 0 bridgehead atoms. The smallest absolute Gasteiger partial charge is 0.313 e. The Morgan fingerprint density at radius 1 is 1.13 bits per heavy atom. The highest BCUT2D eigenvalue weighted by atomic mass is 32.2. The summed E-state index contributed by atoms with van der Waals surface area (Å²) in [7, 11) is -3.68. The van der Waals surface area contributed by atoms with Gasteiger partial charge in [-0.2, -0.15) is 0 Å². The molecule has 2 amide bonds. The number of nitrogens with one attached hydrogen (secondary N) is 2. The van der Waals surface area contributed by atoms with Crippen LogP contribution in [0.2, 0.25) is 0 Å². The first kappa shape index (κ1) is 20.2. The van der Waals surface area contributed by atoms with Crippen molar-refractivity contribution in [3.63, 3.8) is 0 Å². The van der Waals surface area contributed by atoms with Crippen LogP contribution >= 0.6 is 11.3 Å². The molecule has 0 saturated carbocycles. The second kappa shape index (κ2) is 8.33. The van der Waals surface area contributed by atoms with Crippen LogP contribution in [0, 0.1) is 0 Å². The standard InChI is InChI=1S/C20H19N3O5S2/c24-19(21-13-16-5-2-10-28-16)20(25)22-15-8-7-14-4-1-9-23(17(14)12-15)30(26,27)18-6-3-11-29-18/h2-3,5-8,10-12H,1,4,9,13H2,(H,21,24)(H,22,25). The topological polar surface area (TPSA) is 109 Å². The third kappa shape index (κ3) is 4.10. The van der Waals surface area contributed by atoms with E-state index < -0.39 is 21.8 Å². The van der Waals surface area contributed by atoms with Crippen molar-refractivity contribution in [1.82, 2.24) is 5.32 Å². The molecule has 1 aliphatic rings. The van der Waals surface area contributed by atoms with Gasteiger partial charge in [0.1, 0.15) is 9.97 Å². The van der Waals surface area contributed by atoms with Gasteiger partial charge in [-0.3, -0.25) is 13.9 Å². The Kier molecular flexibility index (Phi) is 5.60. The van der Waals surface area contributed by atoms with Crippen LogP contribution in [0.3, 0.4) is 0 Å². The van der Waals surface area contributed by atoms with Crippen molar-refractivity contribution >= 4 is 44.5 Å². The maximum absolute atomic E-state index is 13.0. The van der Waals surface area contributed by atoms with Gasteiger partial charge in [0.2, 0.25) is 0 Å². The van der Waals surface area contributed by atoms with E-state index >= 15 is 0 Å². The molecule has 3 heterocycles. The molecule has 2 N–H and O–H groups in total. The van der Waals surface area contributed by atoms with Crippen LogP contribution in [0.25, 0.3) is 0 Å². The zero-order valence-electron chi connectivity index (χ0n) is 15.8. The van der Waals surface area contributed by atoms with E-state index in [1.807, 2.05) is 0 Å². The van der Waals surface area contributed by atoms with Gasteiger partial charge in [0.25, 0.3) is 10.0 Å². The number of anilines is 2. The number of benzene rings is 1. The monoisotopic (exact) mass is 445 g/mol. The second-order valence-electron chi connectivity index (χ2n) is 6.67. The molecule has 0 aliphatic carbocycles. The predicted molar refractivity (Wildman–Crippen MR) is 113 cm³/mol. The van der Waals surface area contributed by atoms with Crippen LogP contribution in [0.4, 0.5) is 11.4 Å². The van der Waals surface area contributed by atoms with E-state index in [1.165, 1.54) is 10.6 Å². The maximum atomic E-state index is 13.0. The molecular formula is C20H19N3O5S2. The number of amides is 2. The van der Waals surface area contributed by atoms with Crippen molar-refractivity contribution in [3.8, 4) is 0 Å². The van der Waals surface area contributed by atoms with Crippen molar-refractivity contribution in [2.45, 2.75) is 23.6 Å². The molecular weight excluding hydrogens is 426 g/mol. The van der Waals surface area contributed by atoms with Gasteiger partial charge in [0, 0.05) is 12.2 Å². The normalized spacial score (nSPS) is 13.5. The summed E-state index contributed by atoms with van der Waals surface area (Å²) in [5, 5.41) is 6.72. The third-order valence-corrected chi connectivity index (χ3v) is 7.85. The molecule has 0 unspecified atom stereocenters. The number of carbonyl (C=O) groups excluding carboxylic acids is 2. The van der Waals surface area contributed by atoms with Gasteiger partial charge >= 0.3 is 11.8 Å². The number of aryl methyl sites for hydroxylation is 1. The summed E-state index contributed by atoms with van der Waals surface area (Å²) in [5.74, 6) is -1.13. The van der Waals surface area contributed by atoms with Crippen molar-refractivity contribution < 1.29 is 22.4 Å². The minimum atomic E-state index is -3.68. The van der Waals surface area contributed by atoms with E-state index in [9.17, 15) is 18.0 Å². The Balaban J connectivity index is 1.51. The fraction of sp³-hybridized carbons (Fsp3) is 0.200. The van der Waals surface area contributed by atoms with Gasteiger partial charge in [0.15, 0.2) is 0 Å². The van der Waals surface area contributed by atoms with Crippen molar-refractivity contribution in [3.05, 3.63) is 65.4 Å². The Morgan fingerprint density at radius 3 is 2.73 bits per heavy atom. The fourth-order valence-electron chi connectivity index (χ4n) is 3.24. The quantitative estimate of drug-likeness (QED) is 0.587. The average molecular weight is 446 g/mol. The molecule has 0 saturated heterocycles. The number of sulfonamides is 1. The molecule has 1 aliphatic heterocycles. The number of hydrogen-bond acceptors (Lipinski definition) is 6. The zero-order chi connectivity index (χ0) is 21.1. The lowest BCUT2D eigenvalue weighted by Crippen LogP contribution is -2.36. The molecule has 0 fully saturated rings. The summed E-state index contributed by atoms with van der Waals surface area (Å²) in [6.07, 6.45) is 2.92. The van der Waals surface area contributed by atoms with E-state index in [2.05, 4.69) is 10.6 Å². The molecule has 8 nitrogen and oxygen atoms in total. The number of fused-ring (bicyclic) bond motifs is 1. The van der Waals surface area contributed by atoms with Crippen LogP contribution in [0.5, 0.6) is 0 Å². The predicted octanol–water partition coefficient (Wildman–Crippen LogP) is 2.74. The Labute approximate surface area is 177 Å². The summed E-state index contributed by atoms with van der Waals surface area (Å²) >= 11 is 1.16. The van der Waals surface area contributed by atoms with Crippen LogP contribution < -0.4 is 14.9 Å². The van der Waals surface area contributed by atoms with Crippen molar-refractivity contribution in [2.75, 3.05) is 16.2 Å². The number of rotatable bonds is 5. The SMILES string of the molecule is O=C(NCc1ccco1)C(=O)Nc1ccc2c(c1)N(S(=O)(=O)c1cccs1)CCC2. The van der Waals surface area contributed by atoms with Crippen LogP contribution in [-0.2, 0) is 32.6 Å². The molecule has 3 aromatic rings. The fourth-order valence-corrected chi connectivity index (χ4v) is 5.87. The number of nitrogens with zero attached hydrogens (tertiary/aromatic N) is 1. The molecule has 30 heavy (non-hydrogen) atoms. The van der Waals surface area contributed by atoms with E-state index in [4.69, 9.17) is 4.42 Å². The van der Waals surface area contributed by atoms with Crippen molar-refractivity contribution in [2.24, 2.45) is 0 Å². The van der Waals surface area contributed by atoms with E-state index in [-0.39, 0.29) is 10.8 Å². The molecule has 0 radical (unpaired) electrons. The lowest BCUT2D eigenvalue weighted by atomic mass is 10.0. The van der Waals surface area contributed by atoms with Crippen LogP contribution in [-0.4, -0.2) is 26.8 Å². The summed E-state index contributed by atoms with van der Waals surface area (Å²) in [4.78, 5) is 24.3. The highest BCUT2D eigenvalue weighted by Crippen LogP contribution is 2.35. The summed E-state index contributed by atoms with van der Waals surface area (Å²) in [6, 6.07) is 11.7. The molecule has 4 rings (SSSR count). The van der Waals surface area contributed by atoms with E-state index in [1.54, 1.807) is 47.8 Å². The largest absolute Gasteiger partial charge is 0.467 e. The highest BCUT2D eigenvalue weighted by molar-refractivity contribution is 7.94. The molecule has 0 spiro atoms. The number of carbonyl (C=O) groups is 2. The number of hydrogen-bond donors (Lipinski definition) is 2. The molecule has 10 heteroatoms.